The Morgan fingerprint density at radius 3 is 2.94 bits per heavy atom. The van der Waals surface area contributed by atoms with E-state index in [9.17, 15) is 0 Å². The van der Waals surface area contributed by atoms with Gasteiger partial charge in [-0.2, -0.15) is 10.4 Å². The molecular weight excluding hydrogens is 216 g/mol. The van der Waals surface area contributed by atoms with E-state index >= 15 is 0 Å². The van der Waals surface area contributed by atoms with Gasteiger partial charge < -0.3 is 5.11 Å². The summed E-state index contributed by atoms with van der Waals surface area (Å²) in [6.07, 6.45) is 3.99. The molecule has 0 amide bonds. The lowest BCUT2D eigenvalue weighted by molar-refractivity contribution is 0.299. The first-order valence-electron chi connectivity index (χ1n) is 5.30. The van der Waals surface area contributed by atoms with E-state index in [0.717, 1.165) is 17.0 Å². The molecule has 0 saturated carbocycles. The summed E-state index contributed by atoms with van der Waals surface area (Å²) < 4.78 is 1.56. The second kappa shape index (κ2) is 5.23. The molecule has 17 heavy (non-hydrogen) atoms. The minimum Gasteiger partial charge on any atom is -0.396 e. The van der Waals surface area contributed by atoms with Gasteiger partial charge in [-0.25, -0.2) is 0 Å². The average molecular weight is 228 g/mol. The van der Waals surface area contributed by atoms with E-state index in [1.807, 2.05) is 24.3 Å². The highest BCUT2D eigenvalue weighted by Gasteiger charge is 2.11. The molecule has 0 bridgehead atoms. The molecule has 0 aliphatic heterocycles. The Morgan fingerprint density at radius 2 is 2.29 bits per heavy atom. The zero-order valence-corrected chi connectivity index (χ0v) is 9.24. The van der Waals surface area contributed by atoms with Gasteiger partial charge in [0.15, 0.2) is 0 Å². The molecule has 2 aromatic rings. The van der Waals surface area contributed by atoms with Crippen LogP contribution in [0.1, 0.15) is 5.56 Å². The standard InChI is InChI=1S/C12H12N4O/c13-5-7-16-9-10(4-8-17)12(15-16)11-3-1-2-6-14-11/h1-3,6,9,17H,4,7-8H2. The molecule has 5 heteroatoms. The second-order valence-corrected chi connectivity index (χ2v) is 3.55. The highest BCUT2D eigenvalue weighted by Crippen LogP contribution is 2.19. The Balaban J connectivity index is 2.41. The summed E-state index contributed by atoms with van der Waals surface area (Å²) in [5, 5.41) is 22.0. The first-order valence-corrected chi connectivity index (χ1v) is 5.30. The molecule has 0 unspecified atom stereocenters. The molecule has 0 aromatic carbocycles. The van der Waals surface area contributed by atoms with Crippen molar-refractivity contribution in [3.8, 4) is 17.5 Å². The number of aliphatic hydroxyl groups is 1. The normalized spacial score (nSPS) is 10.1. The highest BCUT2D eigenvalue weighted by molar-refractivity contribution is 5.58. The van der Waals surface area contributed by atoms with Gasteiger partial charge in [0.25, 0.3) is 0 Å². The number of rotatable bonds is 4. The zero-order chi connectivity index (χ0) is 12.1. The summed E-state index contributed by atoms with van der Waals surface area (Å²) in [5.41, 5.74) is 2.39. The van der Waals surface area contributed by atoms with Crippen LogP contribution in [0.25, 0.3) is 11.4 Å². The van der Waals surface area contributed by atoms with Crippen LogP contribution in [0.5, 0.6) is 0 Å². The van der Waals surface area contributed by atoms with Crippen molar-refractivity contribution >= 4 is 0 Å². The molecular formula is C12H12N4O. The monoisotopic (exact) mass is 228 g/mol. The summed E-state index contributed by atoms with van der Waals surface area (Å²) in [5.74, 6) is 0. The van der Waals surface area contributed by atoms with Crippen molar-refractivity contribution in [2.75, 3.05) is 6.61 Å². The summed E-state index contributed by atoms with van der Waals surface area (Å²) in [7, 11) is 0. The third-order valence-corrected chi connectivity index (χ3v) is 2.36. The zero-order valence-electron chi connectivity index (χ0n) is 9.24. The number of hydrogen-bond acceptors (Lipinski definition) is 4. The summed E-state index contributed by atoms with van der Waals surface area (Å²) in [4.78, 5) is 4.22. The molecule has 0 saturated heterocycles. The van der Waals surface area contributed by atoms with E-state index in [2.05, 4.69) is 10.1 Å². The molecule has 86 valence electrons. The molecule has 0 radical (unpaired) electrons. The molecule has 0 atom stereocenters. The first-order chi connectivity index (χ1) is 8.35. The molecule has 1 N–H and O–H groups in total. The third-order valence-electron chi connectivity index (χ3n) is 2.36. The fourth-order valence-corrected chi connectivity index (χ4v) is 1.64. The van der Waals surface area contributed by atoms with Crippen molar-refractivity contribution in [3.63, 3.8) is 0 Å². The van der Waals surface area contributed by atoms with Crippen molar-refractivity contribution in [2.24, 2.45) is 0 Å². The van der Waals surface area contributed by atoms with Crippen LogP contribution in [0.15, 0.2) is 30.6 Å². The number of hydrogen-bond donors (Lipinski definition) is 1. The first kappa shape index (κ1) is 11.3. The van der Waals surface area contributed by atoms with E-state index in [0.29, 0.717) is 6.42 Å². The van der Waals surface area contributed by atoms with Crippen LogP contribution < -0.4 is 0 Å². The fourth-order valence-electron chi connectivity index (χ4n) is 1.64. The minimum absolute atomic E-state index is 0.0537. The lowest BCUT2D eigenvalue weighted by atomic mass is 10.1. The fraction of sp³-hybridized carbons (Fsp3) is 0.250. The van der Waals surface area contributed by atoms with Gasteiger partial charge in [-0.15, -0.1) is 0 Å². The van der Waals surface area contributed by atoms with Crippen LogP contribution in [0.4, 0.5) is 0 Å². The molecule has 0 fully saturated rings. The van der Waals surface area contributed by atoms with Crippen molar-refractivity contribution in [2.45, 2.75) is 13.0 Å². The topological polar surface area (TPSA) is 74.7 Å². The average Bonchev–Trinajstić information content (AvgIpc) is 2.74. The van der Waals surface area contributed by atoms with Gasteiger partial charge in [-0.3, -0.25) is 9.67 Å². The highest BCUT2D eigenvalue weighted by atomic mass is 16.2. The summed E-state index contributed by atoms with van der Waals surface area (Å²) >= 11 is 0. The van der Waals surface area contributed by atoms with E-state index in [1.165, 1.54) is 0 Å². The number of pyridine rings is 1. The van der Waals surface area contributed by atoms with Gasteiger partial charge in [0.2, 0.25) is 0 Å². The maximum atomic E-state index is 9.01. The maximum Gasteiger partial charge on any atom is 0.128 e. The van der Waals surface area contributed by atoms with Crippen LogP contribution >= 0.6 is 0 Å². The van der Waals surface area contributed by atoms with Crippen LogP contribution in [-0.4, -0.2) is 26.5 Å². The summed E-state index contributed by atoms with van der Waals surface area (Å²) in [6, 6.07) is 7.61. The number of nitriles is 1. The van der Waals surface area contributed by atoms with Gasteiger partial charge in [0, 0.05) is 24.6 Å². The Morgan fingerprint density at radius 1 is 1.41 bits per heavy atom. The van der Waals surface area contributed by atoms with Crippen molar-refractivity contribution in [1.82, 2.24) is 14.8 Å². The molecule has 0 spiro atoms. The van der Waals surface area contributed by atoms with E-state index in [-0.39, 0.29) is 13.2 Å². The molecule has 2 aromatic heterocycles. The molecule has 2 rings (SSSR count). The molecule has 0 aliphatic carbocycles. The van der Waals surface area contributed by atoms with Gasteiger partial charge in [0.05, 0.1) is 11.8 Å². The van der Waals surface area contributed by atoms with Gasteiger partial charge in [-0.05, 0) is 18.6 Å². The van der Waals surface area contributed by atoms with E-state index in [1.54, 1.807) is 17.1 Å². The minimum atomic E-state index is 0.0537. The van der Waals surface area contributed by atoms with Gasteiger partial charge in [-0.1, -0.05) is 6.07 Å². The van der Waals surface area contributed by atoms with E-state index < -0.39 is 0 Å². The second-order valence-electron chi connectivity index (χ2n) is 3.55. The van der Waals surface area contributed by atoms with Crippen LogP contribution in [0.3, 0.4) is 0 Å². The number of aliphatic hydroxyl groups excluding tert-OH is 1. The quantitative estimate of drug-likeness (QED) is 0.847. The van der Waals surface area contributed by atoms with E-state index in [4.69, 9.17) is 10.4 Å². The van der Waals surface area contributed by atoms with Crippen molar-refractivity contribution < 1.29 is 5.11 Å². The molecule has 5 nitrogen and oxygen atoms in total. The number of nitrogens with zero attached hydrogens (tertiary/aromatic N) is 4. The van der Waals surface area contributed by atoms with Crippen molar-refractivity contribution in [3.05, 3.63) is 36.2 Å². The van der Waals surface area contributed by atoms with Crippen LogP contribution in [-0.2, 0) is 13.0 Å². The largest absolute Gasteiger partial charge is 0.396 e. The Kier molecular flexibility index (Phi) is 3.48. The summed E-state index contributed by atoms with van der Waals surface area (Å²) in [6.45, 7) is 0.253. The van der Waals surface area contributed by atoms with Crippen molar-refractivity contribution in [1.29, 1.82) is 5.26 Å². The molecule has 2 heterocycles. The SMILES string of the molecule is N#CCn1cc(CCO)c(-c2ccccn2)n1. The predicted molar refractivity (Wildman–Crippen MR) is 61.9 cm³/mol. The lowest BCUT2D eigenvalue weighted by Gasteiger charge is -1.98. The van der Waals surface area contributed by atoms with Crippen LogP contribution in [0, 0.1) is 11.3 Å². The third kappa shape index (κ3) is 2.49. The predicted octanol–water partition coefficient (Wildman–Crippen LogP) is 1.00. The number of aromatic nitrogens is 3. The Hall–Kier alpha value is -2.19. The Labute approximate surface area is 99.0 Å². The Bertz CT molecular complexity index is 527. The lowest BCUT2D eigenvalue weighted by Crippen LogP contribution is -1.95. The van der Waals surface area contributed by atoms with Gasteiger partial charge in [0.1, 0.15) is 12.2 Å². The molecule has 0 aliphatic rings. The van der Waals surface area contributed by atoms with Crippen LogP contribution in [0.2, 0.25) is 0 Å². The smallest absolute Gasteiger partial charge is 0.128 e. The maximum absolute atomic E-state index is 9.01. The van der Waals surface area contributed by atoms with Gasteiger partial charge >= 0.3 is 0 Å².